The van der Waals surface area contributed by atoms with Crippen LogP contribution in [0.25, 0.3) is 0 Å². The average Bonchev–Trinajstić information content (AvgIpc) is 3.10. The summed E-state index contributed by atoms with van der Waals surface area (Å²) >= 11 is 0. The van der Waals surface area contributed by atoms with E-state index in [1.165, 1.54) is 0 Å². The molecule has 1 aliphatic rings. The Morgan fingerprint density at radius 2 is 2.00 bits per heavy atom. The second-order valence-electron chi connectivity index (χ2n) is 4.69. The minimum absolute atomic E-state index is 0.0522. The molecule has 1 aromatic rings. The van der Waals surface area contributed by atoms with Crippen LogP contribution in [0.4, 0.5) is 23.2 Å². The van der Waals surface area contributed by atoms with Crippen molar-refractivity contribution in [2.45, 2.75) is 38.4 Å². The number of halogens is 4. The molecule has 1 saturated carbocycles. The maximum atomic E-state index is 13.5. The molecule has 2 rings (SSSR count). The van der Waals surface area contributed by atoms with Crippen molar-refractivity contribution in [3.63, 3.8) is 0 Å². The van der Waals surface area contributed by atoms with Crippen molar-refractivity contribution in [2.75, 3.05) is 5.32 Å². The molecule has 0 amide bonds. The zero-order chi connectivity index (χ0) is 13.3. The quantitative estimate of drug-likeness (QED) is 0.790. The van der Waals surface area contributed by atoms with E-state index < -0.39 is 17.6 Å². The third kappa shape index (κ3) is 2.94. The minimum Gasteiger partial charge on any atom is -0.380 e. The van der Waals surface area contributed by atoms with Crippen LogP contribution in [-0.4, -0.2) is 6.04 Å². The molecule has 0 spiro atoms. The van der Waals surface area contributed by atoms with Crippen LogP contribution in [-0.2, 0) is 6.18 Å². The van der Waals surface area contributed by atoms with Gasteiger partial charge in [0.2, 0.25) is 0 Å². The van der Waals surface area contributed by atoms with Crippen LogP contribution in [0.3, 0.4) is 0 Å². The number of hydrogen-bond acceptors (Lipinski definition) is 1. The van der Waals surface area contributed by atoms with Crippen LogP contribution >= 0.6 is 0 Å². The summed E-state index contributed by atoms with van der Waals surface area (Å²) in [4.78, 5) is 0. The van der Waals surface area contributed by atoms with Gasteiger partial charge in [-0.15, -0.1) is 0 Å². The Kier molecular flexibility index (Phi) is 3.50. The van der Waals surface area contributed by atoms with Gasteiger partial charge in [0.1, 0.15) is 5.82 Å². The molecule has 0 aliphatic heterocycles. The fourth-order valence-corrected chi connectivity index (χ4v) is 2.06. The summed E-state index contributed by atoms with van der Waals surface area (Å²) in [7, 11) is 0. The first kappa shape index (κ1) is 13.2. The van der Waals surface area contributed by atoms with E-state index >= 15 is 0 Å². The first-order valence-electron chi connectivity index (χ1n) is 6.05. The van der Waals surface area contributed by atoms with E-state index in [4.69, 9.17) is 0 Å². The molecule has 1 nitrogen and oxygen atoms in total. The van der Waals surface area contributed by atoms with Crippen LogP contribution in [0, 0.1) is 11.7 Å². The lowest BCUT2D eigenvalue weighted by atomic mass is 10.1. The molecule has 100 valence electrons. The second-order valence-corrected chi connectivity index (χ2v) is 4.69. The molecular weight excluding hydrogens is 246 g/mol. The molecule has 1 fully saturated rings. The zero-order valence-electron chi connectivity index (χ0n) is 10.0. The zero-order valence-corrected chi connectivity index (χ0v) is 10.0. The number of hydrogen-bond donors (Lipinski definition) is 1. The molecule has 5 heteroatoms. The van der Waals surface area contributed by atoms with Crippen LogP contribution in [0.2, 0.25) is 0 Å². The minimum atomic E-state index is -4.44. The Labute approximate surface area is 103 Å². The monoisotopic (exact) mass is 261 g/mol. The number of alkyl halides is 3. The highest BCUT2D eigenvalue weighted by Crippen LogP contribution is 2.37. The molecule has 1 N–H and O–H groups in total. The van der Waals surface area contributed by atoms with E-state index in [2.05, 4.69) is 5.32 Å². The van der Waals surface area contributed by atoms with E-state index in [0.717, 1.165) is 37.5 Å². The normalized spacial score (nSPS) is 17.6. The lowest BCUT2D eigenvalue weighted by Crippen LogP contribution is -2.21. The third-order valence-corrected chi connectivity index (χ3v) is 3.27. The van der Waals surface area contributed by atoms with Gasteiger partial charge in [-0.3, -0.25) is 0 Å². The fraction of sp³-hybridized carbons (Fsp3) is 0.538. The summed E-state index contributed by atoms with van der Waals surface area (Å²) in [5.41, 5.74) is -0.874. The Balaban J connectivity index is 2.20. The largest absolute Gasteiger partial charge is 0.416 e. The van der Waals surface area contributed by atoms with Gasteiger partial charge in [0.25, 0.3) is 0 Å². The van der Waals surface area contributed by atoms with Gasteiger partial charge < -0.3 is 5.32 Å². The molecule has 0 radical (unpaired) electrons. The van der Waals surface area contributed by atoms with Crippen LogP contribution < -0.4 is 5.32 Å². The molecule has 1 unspecified atom stereocenters. The van der Waals surface area contributed by atoms with Gasteiger partial charge in [-0.2, -0.15) is 13.2 Å². The van der Waals surface area contributed by atoms with E-state index in [9.17, 15) is 17.6 Å². The van der Waals surface area contributed by atoms with Gasteiger partial charge in [-0.1, -0.05) is 6.92 Å². The van der Waals surface area contributed by atoms with E-state index in [1.807, 2.05) is 6.92 Å². The number of benzene rings is 1. The predicted octanol–water partition coefficient (Wildman–Crippen LogP) is 4.45. The summed E-state index contributed by atoms with van der Waals surface area (Å²) in [5.74, 6) is -0.175. The van der Waals surface area contributed by atoms with Crippen molar-refractivity contribution >= 4 is 5.69 Å². The van der Waals surface area contributed by atoms with Crippen LogP contribution in [0.1, 0.15) is 31.7 Å². The maximum Gasteiger partial charge on any atom is 0.416 e. The van der Waals surface area contributed by atoms with Gasteiger partial charge in [0.05, 0.1) is 11.3 Å². The summed E-state index contributed by atoms with van der Waals surface area (Å²) < 4.78 is 51.1. The molecule has 1 atom stereocenters. The summed E-state index contributed by atoms with van der Waals surface area (Å²) in [5, 5.41) is 2.90. The highest BCUT2D eigenvalue weighted by Gasteiger charge is 2.33. The van der Waals surface area contributed by atoms with Crippen molar-refractivity contribution in [3.8, 4) is 0 Å². The smallest absolute Gasteiger partial charge is 0.380 e. The van der Waals surface area contributed by atoms with Crippen LogP contribution in [0.15, 0.2) is 18.2 Å². The van der Waals surface area contributed by atoms with E-state index in [0.29, 0.717) is 5.92 Å². The number of rotatable bonds is 4. The average molecular weight is 261 g/mol. The van der Waals surface area contributed by atoms with Crippen molar-refractivity contribution in [1.29, 1.82) is 0 Å². The Bertz CT molecular complexity index is 423. The van der Waals surface area contributed by atoms with Gasteiger partial charge in [0, 0.05) is 6.04 Å². The molecule has 0 saturated heterocycles. The van der Waals surface area contributed by atoms with Gasteiger partial charge in [0.15, 0.2) is 0 Å². The summed E-state index contributed by atoms with van der Waals surface area (Å²) in [6, 6.07) is 2.53. The number of anilines is 1. The first-order valence-corrected chi connectivity index (χ1v) is 6.05. The highest BCUT2D eigenvalue weighted by molar-refractivity contribution is 5.49. The molecule has 1 aromatic carbocycles. The second kappa shape index (κ2) is 4.78. The summed E-state index contributed by atoms with van der Waals surface area (Å²) in [6.07, 6.45) is -1.54. The SMILES string of the molecule is CCC(Nc1cc(C(F)(F)F)ccc1F)C1CC1. The standard InChI is InChI=1S/C13H15F4N/c1-2-11(8-3-4-8)18-12-7-9(13(15,16)17)5-6-10(12)14/h5-8,11,18H,2-4H2,1H3. The Morgan fingerprint density at radius 1 is 1.33 bits per heavy atom. The van der Waals surface area contributed by atoms with Gasteiger partial charge in [-0.05, 0) is 43.4 Å². The van der Waals surface area contributed by atoms with Crippen molar-refractivity contribution < 1.29 is 17.6 Å². The predicted molar refractivity (Wildman–Crippen MR) is 61.8 cm³/mol. The van der Waals surface area contributed by atoms with Crippen molar-refractivity contribution in [2.24, 2.45) is 5.92 Å². The van der Waals surface area contributed by atoms with Crippen molar-refractivity contribution in [3.05, 3.63) is 29.6 Å². The molecule has 0 aromatic heterocycles. The highest BCUT2D eigenvalue weighted by atomic mass is 19.4. The Morgan fingerprint density at radius 3 is 2.50 bits per heavy atom. The van der Waals surface area contributed by atoms with E-state index in [1.54, 1.807) is 0 Å². The molecule has 0 heterocycles. The first-order chi connectivity index (χ1) is 8.41. The van der Waals surface area contributed by atoms with Gasteiger partial charge in [-0.25, -0.2) is 4.39 Å². The topological polar surface area (TPSA) is 12.0 Å². The maximum absolute atomic E-state index is 13.5. The van der Waals surface area contributed by atoms with Crippen molar-refractivity contribution in [1.82, 2.24) is 0 Å². The van der Waals surface area contributed by atoms with Gasteiger partial charge >= 0.3 is 6.18 Å². The lowest BCUT2D eigenvalue weighted by Gasteiger charge is -2.19. The molecular formula is C13H15F4N. The van der Waals surface area contributed by atoms with E-state index in [-0.39, 0.29) is 11.7 Å². The number of nitrogens with one attached hydrogen (secondary N) is 1. The lowest BCUT2D eigenvalue weighted by molar-refractivity contribution is -0.137. The fourth-order valence-electron chi connectivity index (χ4n) is 2.06. The molecule has 18 heavy (non-hydrogen) atoms. The van der Waals surface area contributed by atoms with Crippen LogP contribution in [0.5, 0.6) is 0 Å². The Hall–Kier alpha value is -1.26. The molecule has 0 bridgehead atoms. The molecule has 1 aliphatic carbocycles. The summed E-state index contributed by atoms with van der Waals surface area (Å²) in [6.45, 7) is 1.95. The third-order valence-electron chi connectivity index (χ3n) is 3.27.